The summed E-state index contributed by atoms with van der Waals surface area (Å²) in [7, 11) is 0. The topological polar surface area (TPSA) is 23.0 Å². The second kappa shape index (κ2) is 9.12. The third kappa shape index (κ3) is 3.30. The average Bonchev–Trinajstić information content (AvgIpc) is 3.78. The number of para-hydroxylation sites is 3. The molecule has 0 aliphatic carbocycles. The molecule has 0 radical (unpaired) electrons. The van der Waals surface area contributed by atoms with E-state index in [1.165, 1.54) is 54.4 Å². The number of furan rings is 1. The van der Waals surface area contributed by atoms with Crippen LogP contribution in [0.1, 0.15) is 0 Å². The van der Waals surface area contributed by atoms with Crippen LogP contribution in [0, 0.1) is 0 Å². The monoisotopic (exact) mass is 598 g/mol. The van der Waals surface area contributed by atoms with Crippen molar-refractivity contribution < 1.29 is 4.42 Å². The Labute approximate surface area is 269 Å². The molecule has 11 aromatic rings. The van der Waals surface area contributed by atoms with Crippen molar-refractivity contribution in [1.29, 1.82) is 0 Å². The van der Waals surface area contributed by atoms with Crippen molar-refractivity contribution in [3.63, 3.8) is 0 Å². The van der Waals surface area contributed by atoms with Crippen LogP contribution >= 0.6 is 0 Å². The van der Waals surface area contributed by atoms with Gasteiger partial charge in [0.25, 0.3) is 0 Å². The number of rotatable bonds is 2. The fourth-order valence-electron chi connectivity index (χ4n) is 8.08. The third-order valence-electron chi connectivity index (χ3n) is 10.1. The molecule has 0 saturated carbocycles. The van der Waals surface area contributed by atoms with E-state index < -0.39 is 0 Å². The van der Waals surface area contributed by atoms with Crippen LogP contribution < -0.4 is 0 Å². The van der Waals surface area contributed by atoms with Gasteiger partial charge in [-0.2, -0.15) is 0 Å². The van der Waals surface area contributed by atoms with Crippen LogP contribution in [0.2, 0.25) is 0 Å². The van der Waals surface area contributed by atoms with Gasteiger partial charge < -0.3 is 13.6 Å². The molecule has 0 aliphatic rings. The fourth-order valence-corrected chi connectivity index (χ4v) is 8.08. The van der Waals surface area contributed by atoms with E-state index in [0.29, 0.717) is 0 Å². The molecule has 0 bridgehead atoms. The summed E-state index contributed by atoms with van der Waals surface area (Å²) in [4.78, 5) is 0. The van der Waals surface area contributed by atoms with Crippen LogP contribution in [-0.2, 0) is 0 Å². The van der Waals surface area contributed by atoms with E-state index >= 15 is 0 Å². The largest absolute Gasteiger partial charge is 0.455 e. The van der Waals surface area contributed by atoms with E-state index in [-0.39, 0.29) is 0 Å². The van der Waals surface area contributed by atoms with Gasteiger partial charge in [0, 0.05) is 38.0 Å². The summed E-state index contributed by atoms with van der Waals surface area (Å²) in [5.41, 5.74) is 8.83. The quantitative estimate of drug-likeness (QED) is 0.182. The van der Waals surface area contributed by atoms with Gasteiger partial charge in [-0.3, -0.25) is 0 Å². The molecule has 0 atom stereocenters. The van der Waals surface area contributed by atoms with Crippen LogP contribution in [0.25, 0.3) is 98.5 Å². The van der Waals surface area contributed by atoms with E-state index in [1.54, 1.807) is 0 Å². The lowest BCUT2D eigenvalue weighted by molar-refractivity contribution is 0.673. The van der Waals surface area contributed by atoms with Crippen molar-refractivity contribution in [3.05, 3.63) is 158 Å². The first-order valence-electron chi connectivity index (χ1n) is 16.1. The predicted octanol–water partition coefficient (Wildman–Crippen LogP) is 12.1. The number of benzene rings is 8. The van der Waals surface area contributed by atoms with E-state index in [2.05, 4.69) is 161 Å². The van der Waals surface area contributed by atoms with Gasteiger partial charge in [-0.05, 0) is 70.8 Å². The molecule has 0 aliphatic heterocycles. The molecule has 0 N–H and O–H groups in total. The summed E-state index contributed by atoms with van der Waals surface area (Å²) in [6, 6.07) is 57.0. The Morgan fingerprint density at radius 2 is 1.04 bits per heavy atom. The molecular weight excluding hydrogens is 572 g/mol. The van der Waals surface area contributed by atoms with Gasteiger partial charge in [-0.1, -0.05) is 103 Å². The molecule has 218 valence electrons. The van der Waals surface area contributed by atoms with Gasteiger partial charge in [0.05, 0.1) is 33.1 Å². The highest BCUT2D eigenvalue weighted by Gasteiger charge is 2.22. The lowest BCUT2D eigenvalue weighted by atomic mass is 10.00. The van der Waals surface area contributed by atoms with E-state index in [4.69, 9.17) is 4.42 Å². The Bertz CT molecular complexity index is 3070. The normalized spacial score (nSPS) is 12.3. The Morgan fingerprint density at radius 3 is 1.91 bits per heavy atom. The van der Waals surface area contributed by atoms with Crippen LogP contribution in [0.3, 0.4) is 0 Å². The number of fused-ring (bicyclic) bond motifs is 13. The second-order valence-electron chi connectivity index (χ2n) is 12.5. The summed E-state index contributed by atoms with van der Waals surface area (Å²) < 4.78 is 11.5. The van der Waals surface area contributed by atoms with Gasteiger partial charge in [0.2, 0.25) is 0 Å². The summed E-state index contributed by atoms with van der Waals surface area (Å²) in [6.07, 6.45) is 0. The van der Waals surface area contributed by atoms with Gasteiger partial charge >= 0.3 is 0 Å². The zero-order valence-electron chi connectivity index (χ0n) is 25.3. The average molecular weight is 599 g/mol. The Morgan fingerprint density at radius 1 is 0.362 bits per heavy atom. The molecule has 3 nitrogen and oxygen atoms in total. The number of aromatic nitrogens is 2. The number of hydrogen-bond donors (Lipinski definition) is 0. The minimum atomic E-state index is 0.913. The van der Waals surface area contributed by atoms with Crippen molar-refractivity contribution in [2.24, 2.45) is 0 Å². The Kier molecular flexibility index (Phi) is 4.84. The Balaban J connectivity index is 1.36. The van der Waals surface area contributed by atoms with Crippen molar-refractivity contribution in [1.82, 2.24) is 9.13 Å². The number of hydrogen-bond acceptors (Lipinski definition) is 1. The highest BCUT2D eigenvalue weighted by atomic mass is 16.3. The van der Waals surface area contributed by atoms with Gasteiger partial charge in [-0.15, -0.1) is 0 Å². The fraction of sp³-hybridized carbons (Fsp3) is 0. The molecule has 3 aromatic heterocycles. The van der Waals surface area contributed by atoms with Gasteiger partial charge in [0.1, 0.15) is 11.2 Å². The lowest BCUT2D eigenvalue weighted by Crippen LogP contribution is -1.97. The molecule has 11 rings (SSSR count). The summed E-state index contributed by atoms with van der Waals surface area (Å²) in [5.74, 6) is 0. The van der Waals surface area contributed by atoms with Crippen LogP contribution in [0.4, 0.5) is 0 Å². The molecular formula is C44H26N2O. The Hall–Kier alpha value is -6.32. The molecule has 3 heterocycles. The van der Waals surface area contributed by atoms with Crippen molar-refractivity contribution >= 4 is 87.1 Å². The second-order valence-corrected chi connectivity index (χ2v) is 12.5. The zero-order chi connectivity index (χ0) is 30.6. The maximum absolute atomic E-state index is 6.67. The smallest absolute Gasteiger partial charge is 0.145 e. The highest BCUT2D eigenvalue weighted by molar-refractivity contribution is 6.27. The van der Waals surface area contributed by atoms with Crippen molar-refractivity contribution in [2.45, 2.75) is 0 Å². The predicted molar refractivity (Wildman–Crippen MR) is 197 cm³/mol. The molecule has 0 spiro atoms. The minimum absolute atomic E-state index is 0.913. The first-order chi connectivity index (χ1) is 23.3. The molecule has 0 saturated heterocycles. The maximum Gasteiger partial charge on any atom is 0.145 e. The molecule has 0 fully saturated rings. The summed E-state index contributed by atoms with van der Waals surface area (Å²) in [5, 5.41) is 12.1. The summed E-state index contributed by atoms with van der Waals surface area (Å²) in [6.45, 7) is 0. The first-order valence-corrected chi connectivity index (χ1v) is 16.1. The van der Waals surface area contributed by atoms with Crippen LogP contribution in [-0.4, -0.2) is 9.13 Å². The lowest BCUT2D eigenvalue weighted by Gasteiger charge is -2.14. The zero-order valence-corrected chi connectivity index (χ0v) is 25.3. The van der Waals surface area contributed by atoms with E-state index in [9.17, 15) is 0 Å². The first kappa shape index (κ1) is 24.9. The molecule has 0 unspecified atom stereocenters. The van der Waals surface area contributed by atoms with E-state index in [0.717, 1.165) is 44.0 Å². The SMILES string of the molecule is c1ccc(-n2c3cc4c(cc3c3c5oc6ccccc6c5ccc32)c2ccccc2n4-c2cc3ccccc3c3ccccc23)cc1. The van der Waals surface area contributed by atoms with Gasteiger partial charge in [0.15, 0.2) is 0 Å². The maximum atomic E-state index is 6.67. The highest BCUT2D eigenvalue weighted by Crippen LogP contribution is 2.44. The molecule has 3 heteroatoms. The van der Waals surface area contributed by atoms with E-state index in [1.807, 2.05) is 6.07 Å². The number of nitrogens with zero attached hydrogens (tertiary/aromatic N) is 2. The van der Waals surface area contributed by atoms with Crippen molar-refractivity contribution in [3.8, 4) is 11.4 Å². The van der Waals surface area contributed by atoms with Crippen LogP contribution in [0.15, 0.2) is 162 Å². The molecule has 0 amide bonds. The molecule has 47 heavy (non-hydrogen) atoms. The molecule has 8 aromatic carbocycles. The standard InChI is InChI=1S/C44H26N2O/c1-2-13-28(14-3-1)45-38-23-22-34-33-19-9-11-21-42(33)47-44(34)43(38)36-25-35-32-18-8-10-20-37(32)46(40(35)26-41(36)45)39-24-27-12-4-5-15-29(27)30-16-6-7-17-31(30)39/h1-26H. The minimum Gasteiger partial charge on any atom is -0.455 e. The van der Waals surface area contributed by atoms with Crippen molar-refractivity contribution in [2.75, 3.05) is 0 Å². The van der Waals surface area contributed by atoms with Crippen LogP contribution in [0.5, 0.6) is 0 Å². The summed E-state index contributed by atoms with van der Waals surface area (Å²) >= 11 is 0. The van der Waals surface area contributed by atoms with Gasteiger partial charge in [-0.25, -0.2) is 0 Å². The third-order valence-corrected chi connectivity index (χ3v) is 10.1.